The Morgan fingerprint density at radius 2 is 2.00 bits per heavy atom. The van der Waals surface area contributed by atoms with Crippen LogP contribution in [-0.4, -0.2) is 19.0 Å². The fourth-order valence-electron chi connectivity index (χ4n) is 0.871. The van der Waals surface area contributed by atoms with Crippen molar-refractivity contribution in [3.63, 3.8) is 0 Å². The van der Waals surface area contributed by atoms with Gasteiger partial charge in [0.1, 0.15) is 5.41 Å². The van der Waals surface area contributed by atoms with Crippen LogP contribution in [0.3, 0.4) is 0 Å². The molecule has 1 aliphatic carbocycles. The minimum atomic E-state index is -0.964. The molecule has 0 radical (unpaired) electrons. The first-order valence-corrected chi connectivity index (χ1v) is 3.02. The molecule has 0 aromatic carbocycles. The summed E-state index contributed by atoms with van der Waals surface area (Å²) in [6, 6.07) is 0. The first kappa shape index (κ1) is 7.05. The Labute approximate surface area is 58.3 Å². The molecule has 1 saturated carbocycles. The molecule has 1 amide bonds. The molecule has 0 aliphatic heterocycles. The highest BCUT2D eigenvalue weighted by Gasteiger charge is 2.56. The van der Waals surface area contributed by atoms with Crippen molar-refractivity contribution < 1.29 is 14.3 Å². The molecule has 0 bridgehead atoms. The van der Waals surface area contributed by atoms with Crippen molar-refractivity contribution in [3.8, 4) is 0 Å². The summed E-state index contributed by atoms with van der Waals surface area (Å²) in [5.41, 5.74) is 4.01. The number of hydrogen-bond donors (Lipinski definition) is 1. The highest BCUT2D eigenvalue weighted by Crippen LogP contribution is 2.46. The standard InChI is InChI=1S/C6H9NO3/c1-10-5(9)6(2-3-6)4(7)8/h2-3H2,1H3,(H2,7,8). The van der Waals surface area contributed by atoms with Gasteiger partial charge in [-0.2, -0.15) is 0 Å². The van der Waals surface area contributed by atoms with Crippen LogP contribution in [0.1, 0.15) is 12.8 Å². The zero-order valence-corrected chi connectivity index (χ0v) is 5.72. The van der Waals surface area contributed by atoms with Crippen molar-refractivity contribution in [2.45, 2.75) is 12.8 Å². The van der Waals surface area contributed by atoms with E-state index in [4.69, 9.17) is 5.73 Å². The van der Waals surface area contributed by atoms with Gasteiger partial charge in [-0.1, -0.05) is 0 Å². The smallest absolute Gasteiger partial charge is 0.321 e. The van der Waals surface area contributed by atoms with Crippen LogP contribution in [0.5, 0.6) is 0 Å². The van der Waals surface area contributed by atoms with Crippen molar-refractivity contribution in [2.24, 2.45) is 11.1 Å². The fraction of sp³-hybridized carbons (Fsp3) is 0.667. The summed E-state index contributed by atoms with van der Waals surface area (Å²) < 4.78 is 4.40. The highest BCUT2D eigenvalue weighted by atomic mass is 16.5. The van der Waals surface area contributed by atoms with Gasteiger partial charge in [-0.25, -0.2) is 0 Å². The number of rotatable bonds is 2. The molecule has 1 fully saturated rings. The van der Waals surface area contributed by atoms with Gasteiger partial charge < -0.3 is 10.5 Å². The van der Waals surface area contributed by atoms with E-state index < -0.39 is 17.3 Å². The molecule has 2 N–H and O–H groups in total. The van der Waals surface area contributed by atoms with Crippen LogP contribution in [0.25, 0.3) is 0 Å². The molecule has 0 atom stereocenters. The van der Waals surface area contributed by atoms with Gasteiger partial charge in [-0.05, 0) is 12.8 Å². The van der Waals surface area contributed by atoms with Crippen LogP contribution >= 0.6 is 0 Å². The van der Waals surface area contributed by atoms with E-state index in [1.165, 1.54) is 7.11 Å². The molecular formula is C6H9NO3. The number of amides is 1. The Kier molecular flexibility index (Phi) is 1.39. The summed E-state index contributed by atoms with van der Waals surface area (Å²) in [6.07, 6.45) is 1.07. The maximum absolute atomic E-state index is 10.8. The van der Waals surface area contributed by atoms with Gasteiger partial charge in [0.25, 0.3) is 0 Å². The average molecular weight is 143 g/mol. The van der Waals surface area contributed by atoms with Gasteiger partial charge in [-0.3, -0.25) is 9.59 Å². The Morgan fingerprint density at radius 1 is 1.50 bits per heavy atom. The molecule has 0 spiro atoms. The number of ether oxygens (including phenoxy) is 1. The van der Waals surface area contributed by atoms with Gasteiger partial charge in [-0.15, -0.1) is 0 Å². The second-order valence-corrected chi connectivity index (χ2v) is 2.44. The number of hydrogen-bond acceptors (Lipinski definition) is 3. The maximum Gasteiger partial charge on any atom is 0.321 e. The van der Waals surface area contributed by atoms with Gasteiger partial charge in [0.05, 0.1) is 7.11 Å². The summed E-state index contributed by atoms with van der Waals surface area (Å²) in [6.45, 7) is 0. The maximum atomic E-state index is 10.8. The Hall–Kier alpha value is -1.06. The van der Waals surface area contributed by atoms with Crippen molar-refractivity contribution in [1.82, 2.24) is 0 Å². The second-order valence-electron chi connectivity index (χ2n) is 2.44. The topological polar surface area (TPSA) is 69.4 Å². The molecule has 0 aromatic heterocycles. The summed E-state index contributed by atoms with van der Waals surface area (Å²) >= 11 is 0. The third kappa shape index (κ3) is 0.761. The van der Waals surface area contributed by atoms with Crippen molar-refractivity contribution >= 4 is 11.9 Å². The van der Waals surface area contributed by atoms with Crippen LogP contribution in [0.4, 0.5) is 0 Å². The summed E-state index contributed by atoms with van der Waals surface area (Å²) in [7, 11) is 1.26. The van der Waals surface area contributed by atoms with Crippen LogP contribution in [0, 0.1) is 5.41 Å². The van der Waals surface area contributed by atoms with Crippen molar-refractivity contribution in [3.05, 3.63) is 0 Å². The lowest BCUT2D eigenvalue weighted by atomic mass is 10.1. The van der Waals surface area contributed by atoms with E-state index >= 15 is 0 Å². The molecule has 10 heavy (non-hydrogen) atoms. The van der Waals surface area contributed by atoms with E-state index in [9.17, 15) is 9.59 Å². The number of primary amides is 1. The molecule has 4 nitrogen and oxygen atoms in total. The zero-order valence-electron chi connectivity index (χ0n) is 5.72. The predicted molar refractivity (Wildman–Crippen MR) is 32.9 cm³/mol. The quantitative estimate of drug-likeness (QED) is 0.415. The first-order valence-electron chi connectivity index (χ1n) is 3.02. The molecule has 0 saturated heterocycles. The number of methoxy groups -OCH3 is 1. The Balaban J connectivity index is 2.69. The van der Waals surface area contributed by atoms with Crippen LogP contribution in [-0.2, 0) is 14.3 Å². The van der Waals surface area contributed by atoms with E-state index in [-0.39, 0.29) is 0 Å². The van der Waals surface area contributed by atoms with Gasteiger partial charge in [0, 0.05) is 0 Å². The number of carbonyl (C=O) groups is 2. The van der Waals surface area contributed by atoms with E-state index in [1.807, 2.05) is 0 Å². The average Bonchev–Trinajstić information content (AvgIpc) is 2.65. The van der Waals surface area contributed by atoms with Gasteiger partial charge in [0.15, 0.2) is 0 Å². The largest absolute Gasteiger partial charge is 0.468 e. The molecule has 0 aromatic rings. The summed E-state index contributed by atoms with van der Waals surface area (Å²) in [5, 5.41) is 0. The molecule has 0 unspecified atom stereocenters. The number of carbonyl (C=O) groups excluding carboxylic acids is 2. The predicted octanol–water partition coefficient (Wildman–Crippen LogP) is -0.575. The molecule has 1 rings (SSSR count). The van der Waals surface area contributed by atoms with E-state index in [1.54, 1.807) is 0 Å². The monoisotopic (exact) mass is 143 g/mol. The Bertz CT molecular complexity index is 183. The first-order chi connectivity index (χ1) is 4.63. The molecule has 0 heterocycles. The van der Waals surface area contributed by atoms with Gasteiger partial charge in [0.2, 0.25) is 5.91 Å². The van der Waals surface area contributed by atoms with Crippen molar-refractivity contribution in [2.75, 3.05) is 7.11 Å². The summed E-state index contributed by atoms with van der Waals surface area (Å²) in [5.74, 6) is -1.07. The number of esters is 1. The Morgan fingerprint density at radius 3 is 2.10 bits per heavy atom. The van der Waals surface area contributed by atoms with Gasteiger partial charge >= 0.3 is 5.97 Å². The summed E-state index contributed by atoms with van der Waals surface area (Å²) in [4.78, 5) is 21.4. The minimum absolute atomic E-state index is 0.500. The van der Waals surface area contributed by atoms with Crippen molar-refractivity contribution in [1.29, 1.82) is 0 Å². The zero-order chi connectivity index (χ0) is 7.78. The van der Waals surface area contributed by atoms with E-state index in [0.717, 1.165) is 0 Å². The third-order valence-corrected chi connectivity index (χ3v) is 1.80. The molecule has 1 aliphatic rings. The minimum Gasteiger partial charge on any atom is -0.468 e. The van der Waals surface area contributed by atoms with Crippen LogP contribution < -0.4 is 5.73 Å². The SMILES string of the molecule is COC(=O)C1(C(N)=O)CC1. The lowest BCUT2D eigenvalue weighted by Crippen LogP contribution is -2.32. The highest BCUT2D eigenvalue weighted by molar-refractivity contribution is 6.04. The molecule has 56 valence electrons. The van der Waals surface area contributed by atoms with Crippen LogP contribution in [0.15, 0.2) is 0 Å². The normalized spacial score (nSPS) is 19.7. The van der Waals surface area contributed by atoms with E-state index in [0.29, 0.717) is 12.8 Å². The second kappa shape index (κ2) is 1.97. The fourth-order valence-corrected chi connectivity index (χ4v) is 0.871. The molecule has 4 heteroatoms. The lowest BCUT2D eigenvalue weighted by Gasteiger charge is -2.05. The molecular weight excluding hydrogens is 134 g/mol. The number of nitrogens with two attached hydrogens (primary N) is 1. The van der Waals surface area contributed by atoms with E-state index in [2.05, 4.69) is 4.74 Å². The third-order valence-electron chi connectivity index (χ3n) is 1.80. The lowest BCUT2D eigenvalue weighted by molar-refractivity contribution is -0.151. The van der Waals surface area contributed by atoms with Crippen LogP contribution in [0.2, 0.25) is 0 Å².